The lowest BCUT2D eigenvalue weighted by atomic mass is 10.2. The summed E-state index contributed by atoms with van der Waals surface area (Å²) in [6.07, 6.45) is -7.82. The normalized spacial score (nSPS) is 12.9. The van der Waals surface area contributed by atoms with Crippen LogP contribution in [0, 0.1) is 6.92 Å². The largest absolute Gasteiger partial charge is 0.453 e. The second-order valence-electron chi connectivity index (χ2n) is 4.93. The Kier molecular flexibility index (Phi) is 5.57. The van der Waals surface area contributed by atoms with E-state index in [1.807, 2.05) is 0 Å². The van der Waals surface area contributed by atoms with Gasteiger partial charge in [0.2, 0.25) is 0 Å². The Labute approximate surface area is 146 Å². The molecule has 0 aliphatic rings. The summed E-state index contributed by atoms with van der Waals surface area (Å²) in [6, 6.07) is 2.51. The molecule has 0 amide bonds. The zero-order chi connectivity index (χ0) is 19.0. The summed E-state index contributed by atoms with van der Waals surface area (Å²) in [4.78, 5) is 3.26. The number of aryl methyl sites for hydroxylation is 1. The molecule has 0 saturated carbocycles. The Morgan fingerprint density at radius 3 is 2.36 bits per heavy atom. The van der Waals surface area contributed by atoms with Gasteiger partial charge in [-0.3, -0.25) is 0 Å². The molecule has 0 saturated heterocycles. The summed E-state index contributed by atoms with van der Waals surface area (Å²) in [5.41, 5.74) is 0.359. The fourth-order valence-corrected chi connectivity index (χ4v) is 2.98. The molecule has 0 atom stereocenters. The summed E-state index contributed by atoms with van der Waals surface area (Å²) >= 11 is 6.39. The van der Waals surface area contributed by atoms with Crippen LogP contribution in [0.5, 0.6) is 0 Å². The molecule has 3 nitrogen and oxygen atoms in total. The maximum absolute atomic E-state index is 13.1. The van der Waals surface area contributed by atoms with Crippen LogP contribution in [0.25, 0.3) is 5.69 Å². The van der Waals surface area contributed by atoms with Crippen LogP contribution in [0.4, 0.5) is 30.7 Å². The van der Waals surface area contributed by atoms with Gasteiger partial charge in [0.05, 0.1) is 16.5 Å². The predicted molar refractivity (Wildman–Crippen MR) is 77.8 cm³/mol. The molecule has 138 valence electrons. The third-order valence-electron chi connectivity index (χ3n) is 2.98. The number of nitrogens with zero attached hydrogens (tertiary/aromatic N) is 3. The Morgan fingerprint density at radius 1 is 1.20 bits per heavy atom. The van der Waals surface area contributed by atoms with Crippen molar-refractivity contribution < 1.29 is 30.7 Å². The molecule has 2 aromatic rings. The lowest BCUT2D eigenvalue weighted by molar-refractivity contribution is -0.144. The molecule has 0 N–H and O–H groups in total. The van der Waals surface area contributed by atoms with Crippen molar-refractivity contribution in [1.82, 2.24) is 14.8 Å². The Morgan fingerprint density at radius 2 is 1.84 bits per heavy atom. The molecule has 1 aromatic heterocycles. The monoisotopic (exact) mass is 407 g/mol. The summed E-state index contributed by atoms with van der Waals surface area (Å²) in [6.45, 7) is 1.50. The highest BCUT2D eigenvalue weighted by atomic mass is 35.5. The van der Waals surface area contributed by atoms with E-state index in [1.165, 1.54) is 19.1 Å². The maximum atomic E-state index is 13.1. The fourth-order valence-electron chi connectivity index (χ4n) is 1.72. The first-order valence-electron chi connectivity index (χ1n) is 6.50. The number of hydrogen-bond donors (Lipinski definition) is 0. The molecular formula is C13H9ClF7N3S. The summed E-state index contributed by atoms with van der Waals surface area (Å²) in [5, 5.41) is 3.24. The molecular weight excluding hydrogens is 399 g/mol. The van der Waals surface area contributed by atoms with Crippen LogP contribution >= 0.6 is 23.4 Å². The van der Waals surface area contributed by atoms with Gasteiger partial charge in [-0.15, -0.1) is 16.9 Å². The SMILES string of the molecule is Cc1cc(Cl)c(-n2cnc(C(F)(F)F)n2)cc1SCC(F)(F)C(F)F. The minimum atomic E-state index is -4.76. The van der Waals surface area contributed by atoms with E-state index in [0.717, 1.165) is 11.0 Å². The third kappa shape index (κ3) is 4.57. The van der Waals surface area contributed by atoms with Gasteiger partial charge in [-0.2, -0.15) is 22.0 Å². The first kappa shape index (κ1) is 19.8. The predicted octanol–water partition coefficient (Wildman–Crippen LogP) is 5.24. The molecule has 1 heterocycles. The molecule has 0 bridgehead atoms. The van der Waals surface area contributed by atoms with Gasteiger partial charge in [-0.05, 0) is 24.6 Å². The van der Waals surface area contributed by atoms with Crippen molar-refractivity contribution in [2.24, 2.45) is 0 Å². The van der Waals surface area contributed by atoms with E-state index in [-0.39, 0.29) is 15.6 Å². The molecule has 0 unspecified atom stereocenters. The van der Waals surface area contributed by atoms with E-state index in [1.54, 1.807) is 0 Å². The lowest BCUT2D eigenvalue weighted by Gasteiger charge is -2.16. The van der Waals surface area contributed by atoms with E-state index in [9.17, 15) is 30.7 Å². The standard InChI is InChI=1S/C13H9ClF7N3S/c1-6-2-7(14)8(24-5-22-11(23-24)13(19,20)21)3-9(6)25-4-12(17,18)10(15)16/h2-3,5,10H,4H2,1H3. The zero-order valence-corrected chi connectivity index (χ0v) is 13.9. The molecule has 12 heteroatoms. The first-order valence-corrected chi connectivity index (χ1v) is 7.86. The number of aromatic nitrogens is 3. The maximum Gasteiger partial charge on any atom is 0.453 e. The van der Waals surface area contributed by atoms with E-state index in [2.05, 4.69) is 10.1 Å². The van der Waals surface area contributed by atoms with Gasteiger partial charge in [0.1, 0.15) is 6.33 Å². The molecule has 1 aromatic carbocycles. The van der Waals surface area contributed by atoms with Crippen molar-refractivity contribution in [2.75, 3.05) is 5.75 Å². The number of hydrogen-bond acceptors (Lipinski definition) is 3. The van der Waals surface area contributed by atoms with Crippen molar-refractivity contribution in [3.05, 3.63) is 34.9 Å². The van der Waals surface area contributed by atoms with Gasteiger partial charge >= 0.3 is 18.5 Å². The van der Waals surface area contributed by atoms with Crippen molar-refractivity contribution in [2.45, 2.75) is 30.3 Å². The summed E-state index contributed by atoms with van der Waals surface area (Å²) in [5.74, 6) is -6.80. The van der Waals surface area contributed by atoms with Crippen molar-refractivity contribution in [3.8, 4) is 5.69 Å². The van der Waals surface area contributed by atoms with E-state index in [0.29, 0.717) is 17.3 Å². The first-order chi connectivity index (χ1) is 11.4. The molecule has 0 spiro atoms. The number of thioether (sulfide) groups is 1. The van der Waals surface area contributed by atoms with Crippen LogP contribution in [0.2, 0.25) is 5.02 Å². The minimum absolute atomic E-state index is 0.00101. The zero-order valence-electron chi connectivity index (χ0n) is 12.3. The van der Waals surface area contributed by atoms with Gasteiger partial charge in [0, 0.05) is 4.90 Å². The number of benzene rings is 1. The molecule has 0 aliphatic heterocycles. The smallest absolute Gasteiger partial charge is 0.219 e. The third-order valence-corrected chi connectivity index (χ3v) is 4.56. The van der Waals surface area contributed by atoms with Crippen LogP contribution in [0.1, 0.15) is 11.4 Å². The van der Waals surface area contributed by atoms with Gasteiger partial charge in [-0.25, -0.2) is 18.4 Å². The van der Waals surface area contributed by atoms with Crippen LogP contribution in [-0.2, 0) is 6.18 Å². The summed E-state index contributed by atoms with van der Waals surface area (Å²) in [7, 11) is 0. The molecule has 0 aliphatic carbocycles. The second-order valence-corrected chi connectivity index (χ2v) is 6.35. The molecule has 0 radical (unpaired) electrons. The lowest BCUT2D eigenvalue weighted by Crippen LogP contribution is -2.29. The topological polar surface area (TPSA) is 30.7 Å². The quantitative estimate of drug-likeness (QED) is 0.501. The highest BCUT2D eigenvalue weighted by molar-refractivity contribution is 7.99. The van der Waals surface area contributed by atoms with Crippen LogP contribution in [-0.4, -0.2) is 32.9 Å². The number of rotatable bonds is 5. The Balaban J connectivity index is 2.33. The van der Waals surface area contributed by atoms with E-state index < -0.39 is 30.1 Å². The average molecular weight is 408 g/mol. The Bertz CT molecular complexity index is 761. The van der Waals surface area contributed by atoms with Gasteiger partial charge in [0.15, 0.2) is 0 Å². The van der Waals surface area contributed by atoms with Gasteiger partial charge < -0.3 is 0 Å². The second kappa shape index (κ2) is 7.02. The molecule has 2 rings (SSSR count). The van der Waals surface area contributed by atoms with Gasteiger partial charge in [0.25, 0.3) is 5.82 Å². The van der Waals surface area contributed by atoms with Crippen molar-refractivity contribution >= 4 is 23.4 Å². The highest BCUT2D eigenvalue weighted by Crippen LogP contribution is 2.35. The average Bonchev–Trinajstić information content (AvgIpc) is 2.95. The van der Waals surface area contributed by atoms with Crippen LogP contribution in [0.3, 0.4) is 0 Å². The van der Waals surface area contributed by atoms with E-state index >= 15 is 0 Å². The number of alkyl halides is 7. The van der Waals surface area contributed by atoms with E-state index in [4.69, 9.17) is 11.6 Å². The molecule has 0 fully saturated rings. The Hall–Kier alpha value is -1.49. The highest BCUT2D eigenvalue weighted by Gasteiger charge is 2.40. The molecule has 25 heavy (non-hydrogen) atoms. The summed E-state index contributed by atoms with van der Waals surface area (Å²) < 4.78 is 89.0. The van der Waals surface area contributed by atoms with Crippen LogP contribution < -0.4 is 0 Å². The van der Waals surface area contributed by atoms with Gasteiger partial charge in [-0.1, -0.05) is 11.6 Å². The number of halogens is 8. The van der Waals surface area contributed by atoms with Crippen molar-refractivity contribution in [3.63, 3.8) is 0 Å². The van der Waals surface area contributed by atoms with Crippen molar-refractivity contribution in [1.29, 1.82) is 0 Å². The minimum Gasteiger partial charge on any atom is -0.219 e. The fraction of sp³-hybridized carbons (Fsp3) is 0.385. The van der Waals surface area contributed by atoms with Crippen LogP contribution in [0.15, 0.2) is 23.4 Å².